The highest BCUT2D eigenvalue weighted by molar-refractivity contribution is 5.71. The van der Waals surface area contributed by atoms with Crippen LogP contribution in [0.15, 0.2) is 48.5 Å². The van der Waals surface area contributed by atoms with Crippen molar-refractivity contribution < 1.29 is 28.5 Å². The Kier molecular flexibility index (Phi) is 7.67. The Balaban J connectivity index is 1.23. The molecule has 0 radical (unpaired) electrons. The first kappa shape index (κ1) is 22.9. The van der Waals surface area contributed by atoms with Gasteiger partial charge in [-0.2, -0.15) is 0 Å². The first-order valence-corrected chi connectivity index (χ1v) is 11.3. The largest absolute Gasteiger partial charge is 0.494 e. The number of fused-ring (bicyclic) bond motifs is 1. The number of carbonyl (C=O) groups excluding carboxylic acids is 2. The Labute approximate surface area is 193 Å². The van der Waals surface area contributed by atoms with Gasteiger partial charge in [-0.15, -0.1) is 0 Å². The van der Waals surface area contributed by atoms with Crippen molar-refractivity contribution in [3.63, 3.8) is 0 Å². The lowest BCUT2D eigenvalue weighted by molar-refractivity contribution is -0.141. The summed E-state index contributed by atoms with van der Waals surface area (Å²) in [5, 5.41) is 3.44. The summed E-state index contributed by atoms with van der Waals surface area (Å²) in [4.78, 5) is 25.8. The van der Waals surface area contributed by atoms with Gasteiger partial charge < -0.3 is 29.2 Å². The lowest BCUT2D eigenvalue weighted by Gasteiger charge is -2.33. The van der Waals surface area contributed by atoms with Crippen molar-refractivity contribution in [1.82, 2.24) is 10.2 Å². The van der Waals surface area contributed by atoms with E-state index in [9.17, 15) is 9.59 Å². The molecule has 176 valence electrons. The van der Waals surface area contributed by atoms with Gasteiger partial charge >= 0.3 is 12.1 Å². The zero-order valence-corrected chi connectivity index (χ0v) is 18.8. The lowest BCUT2D eigenvalue weighted by Crippen LogP contribution is -2.53. The van der Waals surface area contributed by atoms with E-state index in [2.05, 4.69) is 5.32 Å². The molecule has 8 nitrogen and oxygen atoms in total. The standard InChI is InChI=1S/C25H30N2O6/c1-30-24(28)13-19-17-32-23-8-7-21(14-22(19)23)31-12-9-20-15-27(11-10-26-20)25(29)33-16-18-5-3-2-4-6-18/h2-8,14,19-20,26H,9-13,15-17H2,1H3/t19?,20-/m1/s1. The van der Waals surface area contributed by atoms with Gasteiger partial charge in [0, 0.05) is 37.2 Å². The van der Waals surface area contributed by atoms with Gasteiger partial charge in [-0.1, -0.05) is 30.3 Å². The quantitative estimate of drug-likeness (QED) is 0.614. The SMILES string of the molecule is COC(=O)CC1COc2ccc(OCC[C@@H]3CN(C(=O)OCc4ccccc4)CCN3)cc21. The van der Waals surface area contributed by atoms with Crippen LogP contribution in [0.2, 0.25) is 0 Å². The van der Waals surface area contributed by atoms with Crippen LogP contribution in [0.3, 0.4) is 0 Å². The summed E-state index contributed by atoms with van der Waals surface area (Å²) >= 11 is 0. The van der Waals surface area contributed by atoms with E-state index in [1.807, 2.05) is 48.5 Å². The second kappa shape index (κ2) is 11.0. The Morgan fingerprint density at radius 2 is 2.03 bits per heavy atom. The molecule has 2 aromatic rings. The number of esters is 1. The van der Waals surface area contributed by atoms with E-state index in [4.69, 9.17) is 18.9 Å². The van der Waals surface area contributed by atoms with Crippen molar-refractivity contribution in [3.8, 4) is 11.5 Å². The van der Waals surface area contributed by atoms with E-state index in [-0.39, 0.29) is 37.0 Å². The molecule has 4 rings (SSSR count). The van der Waals surface area contributed by atoms with Gasteiger partial charge in [-0.3, -0.25) is 4.79 Å². The lowest BCUT2D eigenvalue weighted by atomic mass is 9.98. The smallest absolute Gasteiger partial charge is 0.410 e. The number of piperazine rings is 1. The molecule has 1 saturated heterocycles. The van der Waals surface area contributed by atoms with Crippen molar-refractivity contribution in [2.75, 3.05) is 40.0 Å². The van der Waals surface area contributed by atoms with Crippen LogP contribution in [-0.4, -0.2) is 63.0 Å². The highest BCUT2D eigenvalue weighted by Crippen LogP contribution is 2.38. The van der Waals surface area contributed by atoms with E-state index < -0.39 is 0 Å². The Morgan fingerprint density at radius 1 is 1.18 bits per heavy atom. The van der Waals surface area contributed by atoms with Crippen molar-refractivity contribution in [3.05, 3.63) is 59.7 Å². The molecule has 0 bridgehead atoms. The zero-order chi connectivity index (χ0) is 23.0. The average Bonchev–Trinajstić information content (AvgIpc) is 3.25. The monoisotopic (exact) mass is 454 g/mol. The molecular weight excluding hydrogens is 424 g/mol. The maximum absolute atomic E-state index is 12.4. The fourth-order valence-electron chi connectivity index (χ4n) is 4.11. The number of nitrogens with one attached hydrogen (secondary N) is 1. The van der Waals surface area contributed by atoms with Crippen molar-refractivity contribution in [1.29, 1.82) is 0 Å². The molecular formula is C25H30N2O6. The van der Waals surface area contributed by atoms with Crippen LogP contribution < -0.4 is 14.8 Å². The number of amides is 1. The molecule has 0 spiro atoms. The van der Waals surface area contributed by atoms with Gasteiger partial charge in [0.05, 0.1) is 26.7 Å². The van der Waals surface area contributed by atoms with Gasteiger partial charge in [-0.05, 0) is 30.2 Å². The van der Waals surface area contributed by atoms with Gasteiger partial charge in [0.1, 0.15) is 18.1 Å². The molecule has 2 heterocycles. The molecule has 1 fully saturated rings. The number of methoxy groups -OCH3 is 1. The summed E-state index contributed by atoms with van der Waals surface area (Å²) in [6, 6.07) is 15.5. The number of nitrogens with zero attached hydrogens (tertiary/aromatic N) is 1. The van der Waals surface area contributed by atoms with Crippen molar-refractivity contribution in [2.24, 2.45) is 0 Å². The van der Waals surface area contributed by atoms with E-state index in [1.54, 1.807) is 4.90 Å². The van der Waals surface area contributed by atoms with E-state index in [1.165, 1.54) is 7.11 Å². The molecule has 2 aliphatic heterocycles. The Bertz CT molecular complexity index is 951. The molecule has 0 aromatic heterocycles. The maximum atomic E-state index is 12.4. The zero-order valence-electron chi connectivity index (χ0n) is 18.8. The molecule has 1 N–H and O–H groups in total. The minimum atomic E-state index is -0.290. The Hall–Kier alpha value is -3.26. The van der Waals surface area contributed by atoms with Crippen molar-refractivity contribution in [2.45, 2.75) is 31.4 Å². The third-order valence-corrected chi connectivity index (χ3v) is 5.96. The first-order chi connectivity index (χ1) is 16.1. The van der Waals surface area contributed by atoms with E-state index >= 15 is 0 Å². The van der Waals surface area contributed by atoms with E-state index in [0.717, 1.165) is 35.6 Å². The van der Waals surface area contributed by atoms with Crippen LogP contribution in [0.4, 0.5) is 4.79 Å². The fraction of sp³-hybridized carbons (Fsp3) is 0.440. The molecule has 1 amide bonds. The number of benzene rings is 2. The third-order valence-electron chi connectivity index (χ3n) is 5.96. The number of carbonyl (C=O) groups is 2. The Morgan fingerprint density at radius 3 is 2.85 bits per heavy atom. The van der Waals surface area contributed by atoms with Gasteiger partial charge in [0.25, 0.3) is 0 Å². The van der Waals surface area contributed by atoms with Crippen LogP contribution >= 0.6 is 0 Å². The van der Waals surface area contributed by atoms with Crippen LogP contribution in [0, 0.1) is 0 Å². The normalized spacial score (nSPS) is 19.4. The topological polar surface area (TPSA) is 86.3 Å². The molecule has 1 unspecified atom stereocenters. The van der Waals surface area contributed by atoms with Crippen LogP contribution in [0.5, 0.6) is 11.5 Å². The highest BCUT2D eigenvalue weighted by Gasteiger charge is 2.28. The average molecular weight is 455 g/mol. The number of ether oxygens (including phenoxy) is 4. The van der Waals surface area contributed by atoms with E-state index in [0.29, 0.717) is 26.3 Å². The van der Waals surface area contributed by atoms with Crippen molar-refractivity contribution >= 4 is 12.1 Å². The second-order valence-electron chi connectivity index (χ2n) is 8.26. The van der Waals surface area contributed by atoms with Gasteiger partial charge in [0.15, 0.2) is 0 Å². The summed E-state index contributed by atoms with van der Waals surface area (Å²) < 4.78 is 21.9. The summed E-state index contributed by atoms with van der Waals surface area (Å²) in [5.41, 5.74) is 1.94. The molecule has 2 aromatic carbocycles. The molecule has 33 heavy (non-hydrogen) atoms. The van der Waals surface area contributed by atoms with Crippen LogP contribution in [0.1, 0.15) is 29.9 Å². The molecule has 8 heteroatoms. The number of rotatable bonds is 8. The predicted molar refractivity (Wildman–Crippen MR) is 121 cm³/mol. The third kappa shape index (κ3) is 6.16. The molecule has 0 aliphatic carbocycles. The first-order valence-electron chi connectivity index (χ1n) is 11.3. The summed E-state index contributed by atoms with van der Waals surface area (Å²) in [6.07, 6.45) is 0.748. The molecule has 2 atom stereocenters. The van der Waals surface area contributed by atoms with Gasteiger partial charge in [0.2, 0.25) is 0 Å². The fourth-order valence-corrected chi connectivity index (χ4v) is 4.11. The molecule has 0 saturated carbocycles. The predicted octanol–water partition coefficient (Wildman–Crippen LogP) is 3.11. The maximum Gasteiger partial charge on any atom is 0.410 e. The second-order valence-corrected chi connectivity index (χ2v) is 8.26. The van der Waals surface area contributed by atoms with Crippen LogP contribution in [0.25, 0.3) is 0 Å². The highest BCUT2D eigenvalue weighted by atomic mass is 16.6. The summed E-state index contributed by atoms with van der Waals surface area (Å²) in [7, 11) is 1.39. The minimum Gasteiger partial charge on any atom is -0.494 e. The summed E-state index contributed by atoms with van der Waals surface area (Å²) in [5.74, 6) is 1.25. The summed E-state index contributed by atoms with van der Waals surface area (Å²) in [6.45, 7) is 3.17. The van der Waals surface area contributed by atoms with Crippen LogP contribution in [-0.2, 0) is 20.9 Å². The molecule has 2 aliphatic rings. The number of hydrogen-bond donors (Lipinski definition) is 1. The van der Waals surface area contributed by atoms with Gasteiger partial charge in [-0.25, -0.2) is 4.79 Å². The number of hydrogen-bond acceptors (Lipinski definition) is 7. The minimum absolute atomic E-state index is 0.0218.